The lowest BCUT2D eigenvalue weighted by atomic mass is 10.2. The minimum atomic E-state index is -4.73. The molecular formula is C13H17F3N2O2. The van der Waals surface area contributed by atoms with Crippen molar-refractivity contribution in [3.8, 4) is 5.75 Å². The first kappa shape index (κ1) is 16.3. The fraction of sp³-hybridized carbons (Fsp3) is 0.462. The highest BCUT2D eigenvalue weighted by atomic mass is 19.4. The van der Waals surface area contributed by atoms with Crippen LogP contribution in [0.5, 0.6) is 5.75 Å². The summed E-state index contributed by atoms with van der Waals surface area (Å²) < 4.78 is 40.7. The predicted octanol–water partition coefficient (Wildman–Crippen LogP) is 2.15. The normalized spacial score (nSPS) is 12.9. The second-order valence-corrected chi connectivity index (χ2v) is 4.49. The summed E-state index contributed by atoms with van der Waals surface area (Å²) in [5, 5.41) is 2.87. The highest BCUT2D eigenvalue weighted by molar-refractivity contribution is 5.80. The number of likely N-dealkylation sites (N-methyl/N-ethyl adjacent to an activating group) is 1. The van der Waals surface area contributed by atoms with E-state index >= 15 is 0 Å². The van der Waals surface area contributed by atoms with E-state index in [1.165, 1.54) is 23.1 Å². The Kier molecular flexibility index (Phi) is 5.38. The van der Waals surface area contributed by atoms with E-state index in [0.717, 1.165) is 0 Å². The summed E-state index contributed by atoms with van der Waals surface area (Å²) in [6.07, 6.45) is -4.73. The Morgan fingerprint density at radius 2 is 1.95 bits per heavy atom. The van der Waals surface area contributed by atoms with Crippen LogP contribution in [0, 0.1) is 0 Å². The minimum Gasteiger partial charge on any atom is -0.405 e. The summed E-state index contributed by atoms with van der Waals surface area (Å²) >= 11 is 0. The molecule has 0 aromatic heterocycles. The summed E-state index contributed by atoms with van der Waals surface area (Å²) in [5.41, 5.74) is 0.336. The van der Waals surface area contributed by atoms with Crippen molar-refractivity contribution < 1.29 is 22.7 Å². The van der Waals surface area contributed by atoms with Gasteiger partial charge in [0.2, 0.25) is 5.91 Å². The molecule has 112 valence electrons. The van der Waals surface area contributed by atoms with E-state index in [-0.39, 0.29) is 18.2 Å². The maximum atomic E-state index is 12.3. The Labute approximate surface area is 115 Å². The molecule has 1 atom stereocenters. The first-order valence-electron chi connectivity index (χ1n) is 5.99. The molecule has 0 bridgehead atoms. The number of ether oxygens (including phenoxy) is 1. The number of carbonyl (C=O) groups is 1. The lowest BCUT2D eigenvalue weighted by molar-refractivity contribution is -0.274. The third kappa shape index (κ3) is 5.08. The molecule has 1 aromatic rings. The maximum absolute atomic E-state index is 12.3. The summed E-state index contributed by atoms with van der Waals surface area (Å²) in [4.78, 5) is 13.0. The third-order valence-electron chi connectivity index (χ3n) is 2.61. The highest BCUT2D eigenvalue weighted by Gasteiger charge is 2.32. The predicted molar refractivity (Wildman–Crippen MR) is 68.1 cm³/mol. The van der Waals surface area contributed by atoms with Crippen molar-refractivity contribution in [2.45, 2.75) is 25.9 Å². The average molecular weight is 290 g/mol. The SMILES string of the molecule is CC(NCc1ccccc1OC(F)(F)F)C(=O)N(C)C. The van der Waals surface area contributed by atoms with Gasteiger partial charge in [0.1, 0.15) is 5.75 Å². The Morgan fingerprint density at radius 3 is 2.50 bits per heavy atom. The molecule has 1 rings (SSSR count). The van der Waals surface area contributed by atoms with Gasteiger partial charge in [-0.05, 0) is 13.0 Å². The van der Waals surface area contributed by atoms with Crippen LogP contribution < -0.4 is 10.1 Å². The van der Waals surface area contributed by atoms with Crippen molar-refractivity contribution in [2.24, 2.45) is 0 Å². The van der Waals surface area contributed by atoms with Gasteiger partial charge >= 0.3 is 6.36 Å². The molecule has 1 amide bonds. The Morgan fingerprint density at radius 1 is 1.35 bits per heavy atom. The van der Waals surface area contributed by atoms with Gasteiger partial charge in [0, 0.05) is 26.2 Å². The third-order valence-corrected chi connectivity index (χ3v) is 2.61. The standard InChI is InChI=1S/C13H17F3N2O2/c1-9(12(19)18(2)3)17-8-10-6-4-5-7-11(10)20-13(14,15)16/h4-7,9,17H,8H2,1-3H3. The second-order valence-electron chi connectivity index (χ2n) is 4.49. The number of benzene rings is 1. The Hall–Kier alpha value is -1.76. The van der Waals surface area contributed by atoms with Crippen molar-refractivity contribution >= 4 is 5.91 Å². The van der Waals surface area contributed by atoms with Gasteiger partial charge in [-0.1, -0.05) is 18.2 Å². The molecule has 0 aliphatic rings. The fourth-order valence-corrected chi connectivity index (χ4v) is 1.61. The number of para-hydroxylation sites is 1. The van der Waals surface area contributed by atoms with Gasteiger partial charge in [-0.2, -0.15) is 0 Å². The number of hydrogen-bond acceptors (Lipinski definition) is 3. The molecule has 0 heterocycles. The number of amides is 1. The van der Waals surface area contributed by atoms with Crippen LogP contribution in [0.2, 0.25) is 0 Å². The van der Waals surface area contributed by atoms with Crippen molar-refractivity contribution in [2.75, 3.05) is 14.1 Å². The number of nitrogens with one attached hydrogen (secondary N) is 1. The van der Waals surface area contributed by atoms with Gasteiger partial charge in [-0.15, -0.1) is 13.2 Å². The number of rotatable bonds is 5. The topological polar surface area (TPSA) is 41.6 Å². The first-order chi connectivity index (χ1) is 9.20. The van der Waals surface area contributed by atoms with E-state index in [2.05, 4.69) is 10.1 Å². The van der Waals surface area contributed by atoms with E-state index in [4.69, 9.17) is 0 Å². The van der Waals surface area contributed by atoms with Crippen LogP contribution >= 0.6 is 0 Å². The van der Waals surface area contributed by atoms with Gasteiger partial charge < -0.3 is 15.0 Å². The first-order valence-corrected chi connectivity index (χ1v) is 5.99. The number of halogens is 3. The molecule has 1 N–H and O–H groups in total. The van der Waals surface area contributed by atoms with Crippen molar-refractivity contribution in [3.63, 3.8) is 0 Å². The molecule has 0 aliphatic heterocycles. The lowest BCUT2D eigenvalue weighted by Gasteiger charge is -2.19. The van der Waals surface area contributed by atoms with Crippen LogP contribution in [0.1, 0.15) is 12.5 Å². The summed E-state index contributed by atoms with van der Waals surface area (Å²) in [7, 11) is 3.22. The molecule has 0 aliphatic carbocycles. The minimum absolute atomic E-state index is 0.104. The zero-order chi connectivity index (χ0) is 15.3. The Balaban J connectivity index is 2.71. The number of alkyl halides is 3. The number of carbonyl (C=O) groups excluding carboxylic acids is 1. The number of nitrogens with zero attached hydrogens (tertiary/aromatic N) is 1. The molecule has 7 heteroatoms. The van der Waals surface area contributed by atoms with E-state index < -0.39 is 12.4 Å². The molecule has 0 fully saturated rings. The molecule has 4 nitrogen and oxygen atoms in total. The van der Waals surface area contributed by atoms with E-state index in [9.17, 15) is 18.0 Å². The van der Waals surface area contributed by atoms with Gasteiger partial charge in [-0.25, -0.2) is 0 Å². The van der Waals surface area contributed by atoms with E-state index in [1.54, 1.807) is 27.1 Å². The smallest absolute Gasteiger partial charge is 0.405 e. The molecule has 0 saturated carbocycles. The van der Waals surface area contributed by atoms with Crippen LogP contribution in [0.3, 0.4) is 0 Å². The summed E-state index contributed by atoms with van der Waals surface area (Å²) in [5.74, 6) is -0.420. The highest BCUT2D eigenvalue weighted by Crippen LogP contribution is 2.26. The van der Waals surface area contributed by atoms with Crippen molar-refractivity contribution in [1.29, 1.82) is 0 Å². The lowest BCUT2D eigenvalue weighted by Crippen LogP contribution is -2.41. The molecule has 1 aromatic carbocycles. The van der Waals surface area contributed by atoms with Crippen LogP contribution in [-0.4, -0.2) is 37.3 Å². The molecule has 0 saturated heterocycles. The Bertz CT molecular complexity index is 461. The van der Waals surface area contributed by atoms with Gasteiger partial charge in [-0.3, -0.25) is 4.79 Å². The van der Waals surface area contributed by atoms with Crippen molar-refractivity contribution in [1.82, 2.24) is 10.2 Å². The summed E-state index contributed by atoms with van der Waals surface area (Å²) in [6, 6.07) is 5.32. The quantitative estimate of drug-likeness (QED) is 0.903. The van der Waals surface area contributed by atoms with Gasteiger partial charge in [0.25, 0.3) is 0 Å². The second kappa shape index (κ2) is 6.60. The largest absolute Gasteiger partial charge is 0.573 e. The molecule has 0 spiro atoms. The average Bonchev–Trinajstić information content (AvgIpc) is 2.34. The van der Waals surface area contributed by atoms with Crippen molar-refractivity contribution in [3.05, 3.63) is 29.8 Å². The zero-order valence-corrected chi connectivity index (χ0v) is 11.5. The van der Waals surface area contributed by atoms with Crippen LogP contribution in [-0.2, 0) is 11.3 Å². The molecule has 0 radical (unpaired) electrons. The maximum Gasteiger partial charge on any atom is 0.573 e. The van der Waals surface area contributed by atoms with Crippen LogP contribution in [0.25, 0.3) is 0 Å². The fourth-order valence-electron chi connectivity index (χ4n) is 1.61. The monoisotopic (exact) mass is 290 g/mol. The van der Waals surface area contributed by atoms with Gasteiger partial charge in [0.05, 0.1) is 6.04 Å². The zero-order valence-electron chi connectivity index (χ0n) is 11.5. The van der Waals surface area contributed by atoms with E-state index in [0.29, 0.717) is 5.56 Å². The molecule has 20 heavy (non-hydrogen) atoms. The summed E-state index contributed by atoms with van der Waals surface area (Å²) in [6.45, 7) is 1.75. The number of hydrogen-bond donors (Lipinski definition) is 1. The van der Waals surface area contributed by atoms with Crippen LogP contribution in [0.15, 0.2) is 24.3 Å². The molecule has 1 unspecified atom stereocenters. The van der Waals surface area contributed by atoms with Crippen LogP contribution in [0.4, 0.5) is 13.2 Å². The van der Waals surface area contributed by atoms with Gasteiger partial charge in [0.15, 0.2) is 0 Å². The van der Waals surface area contributed by atoms with E-state index in [1.807, 2.05) is 0 Å². The molecular weight excluding hydrogens is 273 g/mol.